The van der Waals surface area contributed by atoms with E-state index in [0.29, 0.717) is 6.54 Å². The molecule has 6 heteroatoms. The highest BCUT2D eigenvalue weighted by Crippen LogP contribution is 2.36. The Morgan fingerprint density at radius 3 is 2.96 bits per heavy atom. The number of nitrogens with one attached hydrogen (secondary N) is 1. The average molecular weight is 311 g/mol. The molecule has 0 fully saturated rings. The van der Waals surface area contributed by atoms with Crippen molar-refractivity contribution in [3.05, 3.63) is 34.8 Å². The third-order valence-corrected chi connectivity index (χ3v) is 4.79. The second-order valence-corrected chi connectivity index (χ2v) is 6.37. The maximum Gasteiger partial charge on any atom is 0.219 e. The molecule has 0 spiro atoms. The molecular formula is C17H21N5O. The van der Waals surface area contributed by atoms with E-state index in [-0.39, 0.29) is 5.91 Å². The monoisotopic (exact) mass is 311 g/mol. The lowest BCUT2D eigenvalue weighted by Crippen LogP contribution is -2.35. The Balaban J connectivity index is 1.74. The van der Waals surface area contributed by atoms with Gasteiger partial charge in [0.25, 0.3) is 0 Å². The van der Waals surface area contributed by atoms with Gasteiger partial charge in [-0.1, -0.05) is 0 Å². The smallest absolute Gasteiger partial charge is 0.219 e. The van der Waals surface area contributed by atoms with Gasteiger partial charge in [0.2, 0.25) is 5.91 Å². The lowest BCUT2D eigenvalue weighted by Gasteiger charge is -2.32. The van der Waals surface area contributed by atoms with E-state index in [4.69, 9.17) is 0 Å². The van der Waals surface area contributed by atoms with Crippen LogP contribution in [0.3, 0.4) is 0 Å². The molecule has 0 unspecified atom stereocenters. The Kier molecular flexibility index (Phi) is 3.32. The zero-order chi connectivity index (χ0) is 16.0. The first-order chi connectivity index (χ1) is 11.1. The topological polar surface area (TPSA) is 65.1 Å². The molecule has 0 saturated carbocycles. The summed E-state index contributed by atoms with van der Waals surface area (Å²) in [5.41, 5.74) is 5.66. The van der Waals surface area contributed by atoms with Crippen LogP contribution in [0.15, 0.2) is 12.1 Å². The first-order valence-corrected chi connectivity index (χ1v) is 8.19. The molecule has 0 saturated heterocycles. The van der Waals surface area contributed by atoms with Crippen LogP contribution < -0.4 is 4.90 Å². The van der Waals surface area contributed by atoms with E-state index in [0.717, 1.165) is 66.5 Å². The number of hydrogen-bond donors (Lipinski definition) is 1. The van der Waals surface area contributed by atoms with Crippen LogP contribution in [0.2, 0.25) is 0 Å². The number of amides is 1. The number of nitrogens with zero attached hydrogens (tertiary/aromatic N) is 4. The summed E-state index contributed by atoms with van der Waals surface area (Å²) in [5.74, 6) is 1.08. The quantitative estimate of drug-likeness (QED) is 0.876. The summed E-state index contributed by atoms with van der Waals surface area (Å²) in [6.45, 7) is 6.01. The van der Waals surface area contributed by atoms with E-state index in [1.165, 1.54) is 0 Å². The van der Waals surface area contributed by atoms with Crippen molar-refractivity contribution in [3.8, 4) is 0 Å². The Labute approximate surface area is 135 Å². The summed E-state index contributed by atoms with van der Waals surface area (Å²) in [4.78, 5) is 20.6. The van der Waals surface area contributed by atoms with Crippen molar-refractivity contribution < 1.29 is 4.79 Å². The Bertz CT molecular complexity index is 766. The van der Waals surface area contributed by atoms with Gasteiger partial charge in [-0.15, -0.1) is 0 Å². The Morgan fingerprint density at radius 2 is 2.13 bits per heavy atom. The summed E-state index contributed by atoms with van der Waals surface area (Å²) >= 11 is 0. The second kappa shape index (κ2) is 5.37. The highest BCUT2D eigenvalue weighted by atomic mass is 16.2. The number of hydrogen-bond acceptors (Lipinski definition) is 4. The molecule has 1 N–H and O–H groups in total. The number of pyridine rings is 1. The average Bonchev–Trinajstić information content (AvgIpc) is 2.96. The molecule has 0 bridgehead atoms. The summed E-state index contributed by atoms with van der Waals surface area (Å²) in [6, 6.07) is 4.20. The number of anilines is 2. The molecule has 4 heterocycles. The number of carbonyl (C=O) groups excluding carboxylic acids is 1. The first kappa shape index (κ1) is 14.2. The lowest BCUT2D eigenvalue weighted by atomic mass is 10.0. The first-order valence-electron chi connectivity index (χ1n) is 8.19. The predicted octanol–water partition coefficient (Wildman–Crippen LogP) is 2.10. The summed E-state index contributed by atoms with van der Waals surface area (Å²) in [5, 5.41) is 7.75. The van der Waals surface area contributed by atoms with E-state index in [2.05, 4.69) is 32.2 Å². The molecule has 2 aromatic heterocycles. The molecule has 23 heavy (non-hydrogen) atoms. The van der Waals surface area contributed by atoms with Crippen LogP contribution in [0, 0.1) is 6.92 Å². The SMILES string of the molecule is CC(=O)N1CCc2[nH]nc(N3CCCc4nc(C)ccc43)c2C1. The largest absolute Gasteiger partial charge is 0.338 e. The summed E-state index contributed by atoms with van der Waals surface area (Å²) in [7, 11) is 0. The van der Waals surface area contributed by atoms with E-state index >= 15 is 0 Å². The summed E-state index contributed by atoms with van der Waals surface area (Å²) in [6.07, 6.45) is 2.93. The van der Waals surface area contributed by atoms with Gasteiger partial charge in [0.05, 0.1) is 17.9 Å². The molecule has 0 aromatic carbocycles. The molecule has 1 amide bonds. The van der Waals surface area contributed by atoms with Crippen LogP contribution in [-0.2, 0) is 24.2 Å². The van der Waals surface area contributed by atoms with Crippen LogP contribution in [0.4, 0.5) is 11.5 Å². The Hall–Kier alpha value is -2.37. The maximum atomic E-state index is 11.7. The number of H-pyrrole nitrogens is 1. The molecule has 2 aromatic rings. The number of rotatable bonds is 1. The fraction of sp³-hybridized carbons (Fsp3) is 0.471. The fourth-order valence-electron chi connectivity index (χ4n) is 3.55. The van der Waals surface area contributed by atoms with E-state index in [1.807, 2.05) is 11.8 Å². The fourth-order valence-corrected chi connectivity index (χ4v) is 3.55. The van der Waals surface area contributed by atoms with Gasteiger partial charge in [0, 0.05) is 43.4 Å². The molecule has 0 radical (unpaired) electrons. The summed E-state index contributed by atoms with van der Waals surface area (Å²) < 4.78 is 0. The maximum absolute atomic E-state index is 11.7. The standard InChI is InChI=1S/C17H21N5O/c1-11-5-6-16-15(18-11)4-3-8-22(16)17-13-10-21(12(2)23)9-7-14(13)19-20-17/h5-6H,3-4,7-10H2,1-2H3,(H,19,20). The van der Waals surface area contributed by atoms with Crippen LogP contribution in [0.25, 0.3) is 0 Å². The number of aromatic nitrogens is 3. The van der Waals surface area contributed by atoms with Gasteiger partial charge in [0.15, 0.2) is 5.82 Å². The van der Waals surface area contributed by atoms with Gasteiger partial charge in [-0.05, 0) is 31.9 Å². The van der Waals surface area contributed by atoms with Crippen LogP contribution in [-0.4, -0.2) is 39.1 Å². The molecule has 120 valence electrons. The number of aryl methyl sites for hydroxylation is 2. The van der Waals surface area contributed by atoms with E-state index < -0.39 is 0 Å². The minimum absolute atomic E-state index is 0.124. The van der Waals surface area contributed by atoms with Gasteiger partial charge in [0.1, 0.15) is 0 Å². The molecule has 2 aliphatic rings. The highest BCUT2D eigenvalue weighted by Gasteiger charge is 2.29. The van der Waals surface area contributed by atoms with Crippen molar-refractivity contribution in [3.63, 3.8) is 0 Å². The van der Waals surface area contributed by atoms with E-state index in [1.54, 1.807) is 6.92 Å². The van der Waals surface area contributed by atoms with Gasteiger partial charge >= 0.3 is 0 Å². The number of carbonyl (C=O) groups is 1. The van der Waals surface area contributed by atoms with Crippen molar-refractivity contribution in [2.75, 3.05) is 18.0 Å². The van der Waals surface area contributed by atoms with Crippen molar-refractivity contribution in [2.45, 2.75) is 39.7 Å². The van der Waals surface area contributed by atoms with Gasteiger partial charge in [-0.25, -0.2) is 0 Å². The highest BCUT2D eigenvalue weighted by molar-refractivity contribution is 5.74. The molecule has 6 nitrogen and oxygen atoms in total. The lowest BCUT2D eigenvalue weighted by molar-refractivity contribution is -0.129. The van der Waals surface area contributed by atoms with Gasteiger partial charge < -0.3 is 9.80 Å². The normalized spacial score (nSPS) is 17.0. The van der Waals surface area contributed by atoms with Crippen LogP contribution in [0.5, 0.6) is 0 Å². The van der Waals surface area contributed by atoms with Crippen molar-refractivity contribution >= 4 is 17.4 Å². The third kappa shape index (κ3) is 2.38. The van der Waals surface area contributed by atoms with Crippen LogP contribution >= 0.6 is 0 Å². The molecule has 0 atom stereocenters. The number of fused-ring (bicyclic) bond motifs is 2. The minimum Gasteiger partial charge on any atom is -0.338 e. The third-order valence-electron chi connectivity index (χ3n) is 4.79. The molecule has 2 aliphatic heterocycles. The minimum atomic E-state index is 0.124. The van der Waals surface area contributed by atoms with Gasteiger partial charge in [-0.2, -0.15) is 5.10 Å². The Morgan fingerprint density at radius 1 is 1.26 bits per heavy atom. The zero-order valence-corrected chi connectivity index (χ0v) is 13.6. The molecule has 4 rings (SSSR count). The second-order valence-electron chi connectivity index (χ2n) is 6.37. The molecular weight excluding hydrogens is 290 g/mol. The number of aromatic amines is 1. The van der Waals surface area contributed by atoms with Crippen molar-refractivity contribution in [1.82, 2.24) is 20.1 Å². The molecule has 0 aliphatic carbocycles. The van der Waals surface area contributed by atoms with Crippen LogP contribution in [0.1, 0.15) is 36.0 Å². The van der Waals surface area contributed by atoms with Crippen molar-refractivity contribution in [1.29, 1.82) is 0 Å². The zero-order valence-electron chi connectivity index (χ0n) is 13.6. The van der Waals surface area contributed by atoms with E-state index in [9.17, 15) is 4.79 Å². The van der Waals surface area contributed by atoms with Gasteiger partial charge in [-0.3, -0.25) is 14.9 Å². The predicted molar refractivity (Wildman–Crippen MR) is 87.7 cm³/mol. The van der Waals surface area contributed by atoms with Crippen molar-refractivity contribution in [2.24, 2.45) is 0 Å².